The van der Waals surface area contributed by atoms with Crippen LogP contribution in [0.1, 0.15) is 6.92 Å². The molecule has 0 saturated heterocycles. The van der Waals surface area contributed by atoms with Gasteiger partial charge in [-0.15, -0.1) is 0 Å². The standard InChI is InChI=1S/C5H10N/c1-3-5-6-4-2/h3,5-6H,2,4H2,1H3/b5-3-. The fourth-order valence-corrected chi connectivity index (χ4v) is 0.201. The van der Waals surface area contributed by atoms with Crippen molar-refractivity contribution in [3.8, 4) is 0 Å². The van der Waals surface area contributed by atoms with E-state index in [1.54, 1.807) is 0 Å². The number of hydrogen-bond donors (Lipinski definition) is 1. The second-order valence-corrected chi connectivity index (χ2v) is 0.954. The Morgan fingerprint density at radius 2 is 2.50 bits per heavy atom. The average molecular weight is 84.1 g/mol. The van der Waals surface area contributed by atoms with Crippen molar-refractivity contribution in [1.29, 1.82) is 0 Å². The molecule has 0 aliphatic carbocycles. The molecule has 6 heavy (non-hydrogen) atoms. The van der Waals surface area contributed by atoms with Gasteiger partial charge in [-0.3, -0.25) is 0 Å². The molecular formula is C5H10N. The van der Waals surface area contributed by atoms with Crippen molar-refractivity contribution in [3.05, 3.63) is 19.2 Å². The zero-order valence-corrected chi connectivity index (χ0v) is 4.07. The average Bonchev–Trinajstić information content (AvgIpc) is 1.61. The molecule has 35 valence electrons. The van der Waals surface area contributed by atoms with E-state index in [1.807, 2.05) is 19.2 Å². The highest BCUT2D eigenvalue weighted by Crippen LogP contribution is 1.58. The molecule has 0 aromatic carbocycles. The molecule has 1 N–H and O–H groups in total. The van der Waals surface area contributed by atoms with Crippen LogP contribution in [-0.2, 0) is 0 Å². The Kier molecular flexibility index (Phi) is 4.19. The van der Waals surface area contributed by atoms with Gasteiger partial charge in [-0.25, -0.2) is 0 Å². The number of hydrogen-bond acceptors (Lipinski definition) is 1. The van der Waals surface area contributed by atoms with Gasteiger partial charge in [0.25, 0.3) is 0 Å². The van der Waals surface area contributed by atoms with E-state index in [-0.39, 0.29) is 0 Å². The third-order valence-corrected chi connectivity index (χ3v) is 0.429. The monoisotopic (exact) mass is 84.1 g/mol. The highest BCUT2D eigenvalue weighted by Gasteiger charge is 1.58. The molecule has 1 nitrogen and oxygen atoms in total. The Morgan fingerprint density at radius 3 is 2.67 bits per heavy atom. The Balaban J connectivity index is 2.66. The predicted octanol–water partition coefficient (Wildman–Crippen LogP) is 0.944. The van der Waals surface area contributed by atoms with Crippen molar-refractivity contribution in [2.24, 2.45) is 0 Å². The zero-order valence-electron chi connectivity index (χ0n) is 4.07. The second kappa shape index (κ2) is 4.54. The molecule has 0 spiro atoms. The third kappa shape index (κ3) is 3.54. The summed E-state index contributed by atoms with van der Waals surface area (Å²) in [5.74, 6) is 0. The molecule has 0 aliphatic rings. The van der Waals surface area contributed by atoms with Gasteiger partial charge in [0.1, 0.15) is 0 Å². The van der Waals surface area contributed by atoms with Gasteiger partial charge in [0, 0.05) is 6.54 Å². The molecule has 1 heteroatoms. The normalized spacial score (nSPS) is 9.67. The summed E-state index contributed by atoms with van der Waals surface area (Å²) in [7, 11) is 0. The molecule has 0 atom stereocenters. The fraction of sp³-hybridized carbons (Fsp3) is 0.400. The Labute approximate surface area is 39.1 Å². The summed E-state index contributed by atoms with van der Waals surface area (Å²) < 4.78 is 0. The summed E-state index contributed by atoms with van der Waals surface area (Å²) in [6.07, 6.45) is 3.80. The van der Waals surface area contributed by atoms with Gasteiger partial charge in [0.05, 0.1) is 0 Å². The Bertz CT molecular complexity index is 39.2. The molecule has 0 fully saturated rings. The molecular weight excluding hydrogens is 74.1 g/mol. The first-order chi connectivity index (χ1) is 2.91. The summed E-state index contributed by atoms with van der Waals surface area (Å²) >= 11 is 0. The van der Waals surface area contributed by atoms with E-state index in [0.717, 1.165) is 6.54 Å². The first kappa shape index (κ1) is 5.54. The van der Waals surface area contributed by atoms with E-state index in [0.29, 0.717) is 0 Å². The molecule has 0 amide bonds. The maximum absolute atomic E-state index is 3.56. The van der Waals surface area contributed by atoms with Crippen molar-refractivity contribution in [3.63, 3.8) is 0 Å². The van der Waals surface area contributed by atoms with Crippen molar-refractivity contribution < 1.29 is 0 Å². The van der Waals surface area contributed by atoms with E-state index in [1.165, 1.54) is 0 Å². The highest BCUT2D eigenvalue weighted by molar-refractivity contribution is 4.73. The van der Waals surface area contributed by atoms with Crippen LogP contribution in [0.4, 0.5) is 0 Å². The topological polar surface area (TPSA) is 12.0 Å². The second-order valence-electron chi connectivity index (χ2n) is 0.954. The maximum Gasteiger partial charge on any atom is 0.0142 e. The lowest BCUT2D eigenvalue weighted by atomic mass is 10.6. The summed E-state index contributed by atoms with van der Waals surface area (Å²) in [5, 5.41) is 2.91. The largest absolute Gasteiger partial charge is 0.391 e. The molecule has 0 heterocycles. The summed E-state index contributed by atoms with van der Waals surface area (Å²) in [4.78, 5) is 0. The van der Waals surface area contributed by atoms with E-state index in [9.17, 15) is 0 Å². The lowest BCUT2D eigenvalue weighted by Gasteiger charge is -1.85. The van der Waals surface area contributed by atoms with E-state index < -0.39 is 0 Å². The van der Waals surface area contributed by atoms with Crippen LogP contribution < -0.4 is 5.32 Å². The minimum Gasteiger partial charge on any atom is -0.391 e. The minimum atomic E-state index is 0.768. The summed E-state index contributed by atoms with van der Waals surface area (Å²) in [6, 6.07) is 0. The van der Waals surface area contributed by atoms with Crippen LogP contribution in [0.5, 0.6) is 0 Å². The van der Waals surface area contributed by atoms with Gasteiger partial charge < -0.3 is 5.32 Å². The molecule has 0 aliphatic heterocycles. The highest BCUT2D eigenvalue weighted by atomic mass is 14.8. The molecule has 0 aromatic rings. The van der Waals surface area contributed by atoms with Crippen LogP contribution in [0.3, 0.4) is 0 Å². The quantitative estimate of drug-likeness (QED) is 0.525. The number of allylic oxidation sites excluding steroid dienone is 1. The van der Waals surface area contributed by atoms with Crippen molar-refractivity contribution in [2.75, 3.05) is 6.54 Å². The lowest BCUT2D eigenvalue weighted by molar-refractivity contribution is 0.981. The zero-order chi connectivity index (χ0) is 4.83. The van der Waals surface area contributed by atoms with Crippen LogP contribution in [0.25, 0.3) is 0 Å². The van der Waals surface area contributed by atoms with Crippen LogP contribution in [0.2, 0.25) is 0 Å². The van der Waals surface area contributed by atoms with E-state index in [4.69, 9.17) is 0 Å². The number of nitrogens with one attached hydrogen (secondary N) is 1. The van der Waals surface area contributed by atoms with Crippen molar-refractivity contribution in [2.45, 2.75) is 6.92 Å². The van der Waals surface area contributed by atoms with Gasteiger partial charge in [0.15, 0.2) is 0 Å². The smallest absolute Gasteiger partial charge is 0.0142 e. The van der Waals surface area contributed by atoms with Gasteiger partial charge in [-0.2, -0.15) is 0 Å². The van der Waals surface area contributed by atoms with Crippen LogP contribution in [0, 0.1) is 6.92 Å². The van der Waals surface area contributed by atoms with Gasteiger partial charge >= 0.3 is 0 Å². The summed E-state index contributed by atoms with van der Waals surface area (Å²) in [6.45, 7) is 6.29. The van der Waals surface area contributed by atoms with Gasteiger partial charge in [0.2, 0.25) is 0 Å². The Morgan fingerprint density at radius 1 is 1.83 bits per heavy atom. The van der Waals surface area contributed by atoms with Crippen LogP contribution >= 0.6 is 0 Å². The summed E-state index contributed by atoms with van der Waals surface area (Å²) in [5.41, 5.74) is 0. The van der Waals surface area contributed by atoms with Gasteiger partial charge in [-0.05, 0) is 20.0 Å². The lowest BCUT2D eigenvalue weighted by Crippen LogP contribution is -2.00. The molecule has 0 saturated carbocycles. The molecule has 0 rings (SSSR count). The third-order valence-electron chi connectivity index (χ3n) is 0.429. The number of rotatable bonds is 2. The molecule has 0 aromatic heterocycles. The SMILES string of the molecule is [CH2]CN/C=C\C. The van der Waals surface area contributed by atoms with Crippen molar-refractivity contribution in [1.82, 2.24) is 5.32 Å². The van der Waals surface area contributed by atoms with Crippen molar-refractivity contribution >= 4 is 0 Å². The first-order valence-electron chi connectivity index (χ1n) is 2.05. The molecule has 0 bridgehead atoms. The van der Waals surface area contributed by atoms with Gasteiger partial charge in [-0.1, -0.05) is 6.08 Å². The van der Waals surface area contributed by atoms with Crippen LogP contribution in [0.15, 0.2) is 12.3 Å². The van der Waals surface area contributed by atoms with E-state index >= 15 is 0 Å². The Hall–Kier alpha value is -0.460. The van der Waals surface area contributed by atoms with Crippen LogP contribution in [-0.4, -0.2) is 6.54 Å². The first-order valence-corrected chi connectivity index (χ1v) is 2.05. The fourth-order valence-electron chi connectivity index (χ4n) is 0.201. The predicted molar refractivity (Wildman–Crippen MR) is 28.2 cm³/mol. The van der Waals surface area contributed by atoms with E-state index in [2.05, 4.69) is 12.2 Å². The maximum atomic E-state index is 3.56. The molecule has 0 unspecified atom stereocenters. The molecule has 1 radical (unpaired) electrons. The minimum absolute atomic E-state index is 0.768.